The molecule has 0 saturated heterocycles. The molecule has 0 atom stereocenters. The molecule has 0 aromatic heterocycles. The average molecular weight is 419 g/mol. The van der Waals surface area contributed by atoms with Crippen molar-refractivity contribution in [3.05, 3.63) is 89.7 Å². The van der Waals surface area contributed by atoms with Crippen molar-refractivity contribution in [1.82, 2.24) is 0 Å². The van der Waals surface area contributed by atoms with Crippen molar-refractivity contribution in [1.29, 1.82) is 0 Å². The first kappa shape index (κ1) is 19.9. The number of nitrogens with zero attached hydrogens (tertiary/aromatic N) is 1. The first-order chi connectivity index (χ1) is 13.4. The number of carbonyl (C=O) groups excluding carboxylic acids is 1. The number of hydrogen-bond acceptors (Lipinski definition) is 3. The summed E-state index contributed by atoms with van der Waals surface area (Å²) in [7, 11) is -4.17. The van der Waals surface area contributed by atoms with Gasteiger partial charge >= 0.3 is 0 Å². The van der Waals surface area contributed by atoms with Crippen LogP contribution in [-0.2, 0) is 14.8 Å². The summed E-state index contributed by atoms with van der Waals surface area (Å²) in [4.78, 5) is 12.5. The molecule has 0 aliphatic carbocycles. The Kier molecular flexibility index (Phi) is 5.96. The zero-order chi connectivity index (χ0) is 20.1. The lowest BCUT2D eigenvalue weighted by Crippen LogP contribution is -2.38. The van der Waals surface area contributed by atoms with Gasteiger partial charge in [0.1, 0.15) is 12.4 Å². The molecule has 0 radical (unpaired) electrons. The molecule has 0 saturated carbocycles. The molecule has 8 heteroatoms. The van der Waals surface area contributed by atoms with Crippen LogP contribution in [0.4, 0.5) is 15.8 Å². The number of anilines is 2. The Labute approximate surface area is 167 Å². The summed E-state index contributed by atoms with van der Waals surface area (Å²) in [5, 5.41) is 2.86. The highest BCUT2D eigenvalue weighted by Crippen LogP contribution is 2.26. The maximum absolute atomic E-state index is 14.4. The molecule has 0 spiro atoms. The third-order valence-electron chi connectivity index (χ3n) is 3.89. The Morgan fingerprint density at radius 2 is 1.54 bits per heavy atom. The number of halogens is 2. The molecule has 28 heavy (non-hydrogen) atoms. The van der Waals surface area contributed by atoms with E-state index in [0.29, 0.717) is 10.7 Å². The number of sulfonamides is 1. The van der Waals surface area contributed by atoms with E-state index in [9.17, 15) is 17.6 Å². The van der Waals surface area contributed by atoms with Gasteiger partial charge < -0.3 is 5.32 Å². The Morgan fingerprint density at radius 3 is 2.21 bits per heavy atom. The third kappa shape index (κ3) is 4.32. The first-order valence-electron chi connectivity index (χ1n) is 8.26. The molecule has 3 aromatic rings. The van der Waals surface area contributed by atoms with E-state index in [-0.39, 0.29) is 10.6 Å². The molecule has 0 aliphatic heterocycles. The van der Waals surface area contributed by atoms with Crippen molar-refractivity contribution in [2.45, 2.75) is 4.90 Å². The molecule has 3 rings (SSSR count). The maximum atomic E-state index is 14.4. The van der Waals surface area contributed by atoms with Crippen molar-refractivity contribution in [2.24, 2.45) is 0 Å². The summed E-state index contributed by atoms with van der Waals surface area (Å²) in [5.41, 5.74) is 0.112. The molecular formula is C20H16ClFN2O3S. The van der Waals surface area contributed by atoms with E-state index in [2.05, 4.69) is 5.32 Å². The van der Waals surface area contributed by atoms with Crippen LogP contribution in [-0.4, -0.2) is 20.9 Å². The molecule has 0 bridgehead atoms. The van der Waals surface area contributed by atoms with Crippen LogP contribution in [0.25, 0.3) is 0 Å². The molecule has 144 valence electrons. The van der Waals surface area contributed by atoms with E-state index in [1.807, 2.05) is 0 Å². The molecule has 1 amide bonds. The SMILES string of the molecule is O=C(CN(c1ccccc1F)S(=O)(=O)c1ccccc1)Nc1ccccc1Cl. The zero-order valence-electron chi connectivity index (χ0n) is 14.5. The summed E-state index contributed by atoms with van der Waals surface area (Å²) in [6, 6.07) is 19.5. The van der Waals surface area contributed by atoms with Crippen LogP contribution < -0.4 is 9.62 Å². The molecule has 3 aromatic carbocycles. The third-order valence-corrected chi connectivity index (χ3v) is 5.99. The number of benzene rings is 3. The lowest BCUT2D eigenvalue weighted by Gasteiger charge is -2.24. The van der Waals surface area contributed by atoms with Crippen LogP contribution in [0.2, 0.25) is 5.02 Å². The monoisotopic (exact) mass is 418 g/mol. The van der Waals surface area contributed by atoms with Gasteiger partial charge in [0.05, 0.1) is 21.3 Å². The van der Waals surface area contributed by atoms with Crippen molar-refractivity contribution in [3.63, 3.8) is 0 Å². The Balaban J connectivity index is 1.97. The van der Waals surface area contributed by atoms with Gasteiger partial charge in [-0.25, -0.2) is 12.8 Å². The van der Waals surface area contributed by atoms with Gasteiger partial charge in [-0.3, -0.25) is 9.10 Å². The second kappa shape index (κ2) is 8.41. The van der Waals surface area contributed by atoms with Crippen LogP contribution in [0.15, 0.2) is 83.8 Å². The quantitative estimate of drug-likeness (QED) is 0.648. The topological polar surface area (TPSA) is 66.5 Å². The largest absolute Gasteiger partial charge is 0.323 e. The van der Waals surface area contributed by atoms with Gasteiger partial charge in [0.25, 0.3) is 10.0 Å². The molecule has 0 unspecified atom stereocenters. The van der Waals surface area contributed by atoms with Gasteiger partial charge in [0.15, 0.2) is 0 Å². The van der Waals surface area contributed by atoms with E-state index in [4.69, 9.17) is 11.6 Å². The highest BCUT2D eigenvalue weighted by molar-refractivity contribution is 7.92. The van der Waals surface area contributed by atoms with Crippen LogP contribution >= 0.6 is 11.6 Å². The Bertz CT molecular complexity index is 1090. The second-order valence-electron chi connectivity index (χ2n) is 5.80. The van der Waals surface area contributed by atoms with Crippen molar-refractivity contribution < 1.29 is 17.6 Å². The first-order valence-corrected chi connectivity index (χ1v) is 10.1. The molecule has 5 nitrogen and oxygen atoms in total. The van der Waals surface area contributed by atoms with Crippen LogP contribution in [0, 0.1) is 5.82 Å². The van der Waals surface area contributed by atoms with Crippen LogP contribution in [0.1, 0.15) is 0 Å². The predicted molar refractivity (Wildman–Crippen MR) is 107 cm³/mol. The molecule has 0 aliphatic rings. The smallest absolute Gasteiger partial charge is 0.264 e. The molecule has 0 heterocycles. The van der Waals surface area contributed by atoms with Gasteiger partial charge in [0.2, 0.25) is 5.91 Å². The number of para-hydroxylation sites is 2. The fourth-order valence-corrected chi connectivity index (χ4v) is 4.19. The number of amides is 1. The number of carbonyl (C=O) groups is 1. The minimum Gasteiger partial charge on any atom is -0.323 e. The van der Waals surface area contributed by atoms with Gasteiger partial charge in [-0.15, -0.1) is 0 Å². The highest BCUT2D eigenvalue weighted by atomic mass is 35.5. The summed E-state index contributed by atoms with van der Waals surface area (Å²) in [5.74, 6) is -1.41. The van der Waals surface area contributed by atoms with E-state index in [0.717, 1.165) is 10.4 Å². The molecule has 1 N–H and O–H groups in total. The highest BCUT2D eigenvalue weighted by Gasteiger charge is 2.29. The van der Waals surface area contributed by atoms with Crippen molar-refractivity contribution in [3.8, 4) is 0 Å². The van der Waals surface area contributed by atoms with E-state index in [1.165, 1.54) is 30.3 Å². The van der Waals surface area contributed by atoms with Gasteiger partial charge in [-0.1, -0.05) is 54.1 Å². The van der Waals surface area contributed by atoms with E-state index < -0.39 is 28.3 Å². The number of hydrogen-bond donors (Lipinski definition) is 1. The van der Waals surface area contributed by atoms with Crippen molar-refractivity contribution in [2.75, 3.05) is 16.2 Å². The Hall–Kier alpha value is -2.90. The van der Waals surface area contributed by atoms with E-state index >= 15 is 0 Å². The summed E-state index contributed by atoms with van der Waals surface area (Å²) < 4.78 is 41.3. The van der Waals surface area contributed by atoms with Crippen molar-refractivity contribution >= 4 is 38.9 Å². The van der Waals surface area contributed by atoms with Crippen LogP contribution in [0.5, 0.6) is 0 Å². The normalized spacial score (nSPS) is 11.1. The fraction of sp³-hybridized carbons (Fsp3) is 0.0500. The summed E-state index contributed by atoms with van der Waals surface area (Å²) in [6.07, 6.45) is 0. The maximum Gasteiger partial charge on any atom is 0.264 e. The lowest BCUT2D eigenvalue weighted by atomic mass is 10.3. The van der Waals surface area contributed by atoms with E-state index in [1.54, 1.807) is 42.5 Å². The minimum absolute atomic E-state index is 0.0520. The van der Waals surface area contributed by atoms with Gasteiger partial charge in [-0.2, -0.15) is 0 Å². The molecular weight excluding hydrogens is 403 g/mol. The summed E-state index contributed by atoms with van der Waals surface area (Å²) >= 11 is 6.03. The standard InChI is InChI=1S/C20H16ClFN2O3S/c21-16-10-4-6-12-18(16)23-20(25)14-24(19-13-7-5-11-17(19)22)28(26,27)15-8-2-1-3-9-15/h1-13H,14H2,(H,23,25). The van der Waals surface area contributed by atoms with Gasteiger partial charge in [-0.05, 0) is 36.4 Å². The number of rotatable bonds is 6. The Morgan fingerprint density at radius 1 is 0.929 bits per heavy atom. The fourth-order valence-electron chi connectivity index (χ4n) is 2.56. The number of nitrogens with one attached hydrogen (secondary N) is 1. The second-order valence-corrected chi connectivity index (χ2v) is 8.07. The predicted octanol–water partition coefficient (Wildman–Crippen LogP) is 4.31. The minimum atomic E-state index is -4.17. The molecule has 0 fully saturated rings. The van der Waals surface area contributed by atoms with Crippen LogP contribution in [0.3, 0.4) is 0 Å². The summed E-state index contributed by atoms with van der Waals surface area (Å²) in [6.45, 7) is -0.622. The van der Waals surface area contributed by atoms with Gasteiger partial charge in [0, 0.05) is 0 Å². The zero-order valence-corrected chi connectivity index (χ0v) is 16.1. The average Bonchev–Trinajstić information content (AvgIpc) is 2.69. The lowest BCUT2D eigenvalue weighted by molar-refractivity contribution is -0.114.